The minimum absolute atomic E-state index is 0. The smallest absolute Gasteiger partial charge is 0.194 e. The maximum atomic E-state index is 5.89. The number of aromatic nitrogens is 1. The molecule has 5 heteroatoms. The average molecular weight is 394 g/mol. The van der Waals surface area contributed by atoms with Gasteiger partial charge < -0.3 is 11.1 Å². The highest BCUT2D eigenvalue weighted by Crippen LogP contribution is 2.26. The van der Waals surface area contributed by atoms with Crippen molar-refractivity contribution in [3.05, 3.63) is 59.8 Å². The quantitative estimate of drug-likeness (QED) is 0.478. The number of anilines is 1. The molecule has 3 N–H and O–H groups in total. The fraction of sp³-hybridized carbons (Fsp3) is 0.250. The van der Waals surface area contributed by atoms with Gasteiger partial charge in [-0.3, -0.25) is 4.99 Å². The Labute approximate surface area is 141 Å². The second kappa shape index (κ2) is 7.40. The molecule has 0 radical (unpaired) electrons. The lowest BCUT2D eigenvalue weighted by molar-refractivity contribution is 0.576. The summed E-state index contributed by atoms with van der Waals surface area (Å²) in [6, 6.07) is 14.3. The lowest BCUT2D eigenvalue weighted by Gasteiger charge is -2.07. The van der Waals surface area contributed by atoms with E-state index in [9.17, 15) is 0 Å². The third-order valence-electron chi connectivity index (χ3n) is 3.58. The van der Waals surface area contributed by atoms with E-state index in [-0.39, 0.29) is 24.0 Å². The molecule has 3 rings (SSSR count). The van der Waals surface area contributed by atoms with Crippen LogP contribution in [0.25, 0.3) is 0 Å². The Bertz CT molecular complexity index is 588. The molecule has 1 aromatic heterocycles. The maximum absolute atomic E-state index is 5.89. The van der Waals surface area contributed by atoms with Gasteiger partial charge >= 0.3 is 0 Å². The first-order valence-corrected chi connectivity index (χ1v) is 6.86. The third-order valence-corrected chi connectivity index (χ3v) is 3.58. The summed E-state index contributed by atoms with van der Waals surface area (Å²) in [5.74, 6) is 1.71. The van der Waals surface area contributed by atoms with Crippen LogP contribution in [0, 0.1) is 5.92 Å². The van der Waals surface area contributed by atoms with Crippen LogP contribution in [0.2, 0.25) is 0 Å². The predicted octanol–water partition coefficient (Wildman–Crippen LogP) is 2.84. The van der Waals surface area contributed by atoms with E-state index in [1.807, 2.05) is 18.2 Å². The highest BCUT2D eigenvalue weighted by atomic mass is 127. The number of guanidine groups is 1. The van der Waals surface area contributed by atoms with Crippen LogP contribution < -0.4 is 11.1 Å². The number of halogens is 1. The first-order chi connectivity index (χ1) is 9.81. The molecule has 0 saturated carbocycles. The molecule has 0 atom stereocenters. The zero-order valence-corrected chi connectivity index (χ0v) is 14.0. The molecule has 1 aliphatic carbocycles. The van der Waals surface area contributed by atoms with Crippen molar-refractivity contribution in [1.29, 1.82) is 0 Å². The molecular weight excluding hydrogens is 375 g/mol. The van der Waals surface area contributed by atoms with Gasteiger partial charge in [0.2, 0.25) is 0 Å². The van der Waals surface area contributed by atoms with Crippen molar-refractivity contribution in [2.45, 2.75) is 12.8 Å². The standard InChI is InChI=1S/C16H18N4.HI/c17-16(20-15-7-3-4-8-18-15)19-11-12-9-13-5-1-2-6-14(13)10-12;/h1-8,12H,9-11H2,(H3,17,18,19,20);1H. The van der Waals surface area contributed by atoms with Crippen molar-refractivity contribution in [2.75, 3.05) is 11.9 Å². The summed E-state index contributed by atoms with van der Waals surface area (Å²) in [6.45, 7) is 0.750. The minimum Gasteiger partial charge on any atom is -0.370 e. The van der Waals surface area contributed by atoms with E-state index >= 15 is 0 Å². The van der Waals surface area contributed by atoms with Crippen LogP contribution in [0.15, 0.2) is 53.7 Å². The van der Waals surface area contributed by atoms with E-state index in [1.165, 1.54) is 11.1 Å². The van der Waals surface area contributed by atoms with Crippen LogP contribution in [0.1, 0.15) is 11.1 Å². The number of benzene rings is 1. The molecule has 1 heterocycles. The van der Waals surface area contributed by atoms with Gasteiger partial charge in [-0.05, 0) is 42.0 Å². The normalized spacial score (nSPS) is 14.4. The SMILES string of the molecule is I.NC(=NCC1Cc2ccccc2C1)Nc1ccccn1. The van der Waals surface area contributed by atoms with Crippen molar-refractivity contribution < 1.29 is 0 Å². The van der Waals surface area contributed by atoms with Crippen molar-refractivity contribution in [3.8, 4) is 0 Å². The van der Waals surface area contributed by atoms with Crippen molar-refractivity contribution >= 4 is 35.8 Å². The number of rotatable bonds is 3. The molecule has 21 heavy (non-hydrogen) atoms. The number of fused-ring (bicyclic) bond motifs is 1. The fourth-order valence-electron chi connectivity index (χ4n) is 2.61. The molecule has 0 bridgehead atoms. The van der Waals surface area contributed by atoms with Gasteiger partial charge in [0.15, 0.2) is 5.96 Å². The highest BCUT2D eigenvalue weighted by molar-refractivity contribution is 14.0. The van der Waals surface area contributed by atoms with Gasteiger partial charge in [-0.25, -0.2) is 4.98 Å². The summed E-state index contributed by atoms with van der Waals surface area (Å²) >= 11 is 0. The van der Waals surface area contributed by atoms with Crippen LogP contribution in [0.3, 0.4) is 0 Å². The Morgan fingerprint density at radius 1 is 1.14 bits per heavy atom. The van der Waals surface area contributed by atoms with E-state index in [0.717, 1.165) is 25.2 Å². The molecule has 0 aliphatic heterocycles. The van der Waals surface area contributed by atoms with E-state index < -0.39 is 0 Å². The Balaban J connectivity index is 0.00000161. The van der Waals surface area contributed by atoms with Gasteiger partial charge in [0.25, 0.3) is 0 Å². The van der Waals surface area contributed by atoms with Crippen LogP contribution in [0.4, 0.5) is 5.82 Å². The van der Waals surface area contributed by atoms with Gasteiger partial charge in [-0.15, -0.1) is 24.0 Å². The van der Waals surface area contributed by atoms with Crippen molar-refractivity contribution in [1.82, 2.24) is 4.98 Å². The molecular formula is C16H19IN4. The Morgan fingerprint density at radius 3 is 2.43 bits per heavy atom. The second-order valence-electron chi connectivity index (χ2n) is 5.11. The average Bonchev–Trinajstić information content (AvgIpc) is 2.89. The number of aliphatic imine (C=N–C) groups is 1. The van der Waals surface area contributed by atoms with E-state index in [4.69, 9.17) is 5.73 Å². The summed E-state index contributed by atoms with van der Waals surface area (Å²) in [4.78, 5) is 8.59. The number of nitrogens with zero attached hydrogens (tertiary/aromatic N) is 2. The number of hydrogen-bond acceptors (Lipinski definition) is 2. The predicted molar refractivity (Wildman–Crippen MR) is 97.1 cm³/mol. The van der Waals surface area contributed by atoms with Crippen LogP contribution in [-0.4, -0.2) is 17.5 Å². The first kappa shape index (κ1) is 15.8. The van der Waals surface area contributed by atoms with Crippen LogP contribution >= 0.6 is 24.0 Å². The Hall–Kier alpha value is -1.63. The second-order valence-corrected chi connectivity index (χ2v) is 5.11. The third kappa shape index (κ3) is 4.17. The van der Waals surface area contributed by atoms with Gasteiger partial charge in [-0.1, -0.05) is 30.3 Å². The van der Waals surface area contributed by atoms with Crippen LogP contribution in [0.5, 0.6) is 0 Å². The van der Waals surface area contributed by atoms with Gasteiger partial charge in [0, 0.05) is 12.7 Å². The van der Waals surface area contributed by atoms with E-state index in [2.05, 4.69) is 39.6 Å². The van der Waals surface area contributed by atoms with Crippen molar-refractivity contribution in [3.63, 3.8) is 0 Å². The molecule has 0 spiro atoms. The number of hydrogen-bond donors (Lipinski definition) is 2. The number of pyridine rings is 1. The largest absolute Gasteiger partial charge is 0.370 e. The van der Waals surface area contributed by atoms with E-state index in [0.29, 0.717) is 11.9 Å². The molecule has 0 fully saturated rings. The molecule has 0 amide bonds. The summed E-state index contributed by atoms with van der Waals surface area (Å²) < 4.78 is 0. The maximum Gasteiger partial charge on any atom is 0.194 e. The molecule has 4 nitrogen and oxygen atoms in total. The number of nitrogens with two attached hydrogens (primary N) is 1. The lowest BCUT2D eigenvalue weighted by atomic mass is 10.1. The summed E-state index contributed by atoms with van der Waals surface area (Å²) in [7, 11) is 0. The fourth-order valence-corrected chi connectivity index (χ4v) is 2.61. The topological polar surface area (TPSA) is 63.3 Å². The molecule has 110 valence electrons. The zero-order chi connectivity index (χ0) is 13.8. The molecule has 0 unspecified atom stereocenters. The Morgan fingerprint density at radius 2 is 1.81 bits per heavy atom. The first-order valence-electron chi connectivity index (χ1n) is 6.86. The summed E-state index contributed by atoms with van der Waals surface area (Å²) in [6.07, 6.45) is 3.91. The highest BCUT2D eigenvalue weighted by Gasteiger charge is 2.20. The molecule has 1 aliphatic rings. The molecule has 2 aromatic rings. The monoisotopic (exact) mass is 394 g/mol. The van der Waals surface area contributed by atoms with Crippen molar-refractivity contribution in [2.24, 2.45) is 16.6 Å². The van der Waals surface area contributed by atoms with E-state index in [1.54, 1.807) is 6.20 Å². The molecule has 0 saturated heterocycles. The van der Waals surface area contributed by atoms with Crippen LogP contribution in [-0.2, 0) is 12.8 Å². The zero-order valence-electron chi connectivity index (χ0n) is 11.7. The molecule has 1 aromatic carbocycles. The van der Waals surface area contributed by atoms with Gasteiger partial charge in [-0.2, -0.15) is 0 Å². The minimum atomic E-state index is 0. The summed E-state index contributed by atoms with van der Waals surface area (Å²) in [5, 5.41) is 3.00. The Kier molecular flexibility index (Phi) is 5.55. The summed E-state index contributed by atoms with van der Waals surface area (Å²) in [5.41, 5.74) is 8.78. The van der Waals surface area contributed by atoms with Gasteiger partial charge in [0.1, 0.15) is 5.82 Å². The van der Waals surface area contributed by atoms with Gasteiger partial charge in [0.05, 0.1) is 0 Å². The lowest BCUT2D eigenvalue weighted by Crippen LogP contribution is -2.24. The number of nitrogens with one attached hydrogen (secondary N) is 1.